The normalized spacial score (nSPS) is 31.5. The summed E-state index contributed by atoms with van der Waals surface area (Å²) in [6, 6.07) is 0.586. The van der Waals surface area contributed by atoms with E-state index in [1.165, 1.54) is 0 Å². The van der Waals surface area contributed by atoms with Gasteiger partial charge in [0.1, 0.15) is 0 Å². The van der Waals surface area contributed by atoms with Crippen LogP contribution in [0.5, 0.6) is 0 Å². The van der Waals surface area contributed by atoms with Gasteiger partial charge in [-0.3, -0.25) is 9.69 Å². The molecule has 1 atom stereocenters. The third-order valence-corrected chi connectivity index (χ3v) is 4.90. The molecule has 0 amide bonds. The third kappa shape index (κ3) is 5.24. The second-order valence-corrected chi connectivity index (χ2v) is 6.80. The molecule has 1 saturated carbocycles. The third-order valence-electron chi connectivity index (χ3n) is 4.90. The number of hydrogen-bond acceptors (Lipinski definition) is 4. The molecule has 0 bridgehead atoms. The van der Waals surface area contributed by atoms with E-state index in [4.69, 9.17) is 9.84 Å². The first kappa shape index (κ1) is 16.7. The van der Waals surface area contributed by atoms with Gasteiger partial charge in [-0.1, -0.05) is 0 Å². The van der Waals surface area contributed by atoms with Crippen molar-refractivity contribution in [3.8, 4) is 0 Å². The molecule has 1 aliphatic carbocycles. The van der Waals surface area contributed by atoms with Gasteiger partial charge in [-0.05, 0) is 52.0 Å². The summed E-state index contributed by atoms with van der Waals surface area (Å²) in [4.78, 5) is 13.4. The van der Waals surface area contributed by atoms with Crippen molar-refractivity contribution in [3.63, 3.8) is 0 Å². The standard InChI is InChI=1S/C16H30N2O3/c1-12(2)18-7-8-21-15(11-18)10-17-9-13-3-5-14(6-4-13)16(19)20/h12-15,17H,3-11H2,1-2H3,(H,19,20). The fraction of sp³-hybridized carbons (Fsp3) is 0.938. The van der Waals surface area contributed by atoms with E-state index in [0.717, 1.165) is 58.5 Å². The number of nitrogens with zero attached hydrogens (tertiary/aromatic N) is 1. The minimum Gasteiger partial charge on any atom is -0.481 e. The molecule has 0 radical (unpaired) electrons. The van der Waals surface area contributed by atoms with Crippen molar-refractivity contribution in [3.05, 3.63) is 0 Å². The molecule has 0 aromatic heterocycles. The van der Waals surface area contributed by atoms with E-state index in [9.17, 15) is 4.79 Å². The van der Waals surface area contributed by atoms with Crippen LogP contribution < -0.4 is 5.32 Å². The molecular weight excluding hydrogens is 268 g/mol. The Bertz CT molecular complexity index is 327. The first-order valence-corrected chi connectivity index (χ1v) is 8.35. The minimum absolute atomic E-state index is 0.109. The van der Waals surface area contributed by atoms with Gasteiger partial charge in [0.25, 0.3) is 0 Å². The van der Waals surface area contributed by atoms with Gasteiger partial charge in [0.05, 0.1) is 18.6 Å². The molecule has 2 rings (SSSR count). The molecule has 21 heavy (non-hydrogen) atoms. The number of hydrogen-bond donors (Lipinski definition) is 2. The van der Waals surface area contributed by atoms with Crippen LogP contribution in [0.25, 0.3) is 0 Å². The number of rotatable bonds is 6. The van der Waals surface area contributed by atoms with Crippen molar-refractivity contribution in [1.29, 1.82) is 0 Å². The van der Waals surface area contributed by atoms with Gasteiger partial charge in [-0.25, -0.2) is 0 Å². The summed E-state index contributed by atoms with van der Waals surface area (Å²) in [7, 11) is 0. The fourth-order valence-electron chi connectivity index (χ4n) is 3.40. The van der Waals surface area contributed by atoms with Crippen molar-refractivity contribution < 1.29 is 14.6 Å². The van der Waals surface area contributed by atoms with Crippen molar-refractivity contribution in [2.75, 3.05) is 32.8 Å². The maximum Gasteiger partial charge on any atom is 0.306 e. The van der Waals surface area contributed by atoms with E-state index < -0.39 is 5.97 Å². The van der Waals surface area contributed by atoms with Gasteiger partial charge in [-0.15, -0.1) is 0 Å². The number of carboxylic acid groups (broad SMARTS) is 1. The zero-order chi connectivity index (χ0) is 15.2. The average Bonchev–Trinajstić information content (AvgIpc) is 2.48. The Morgan fingerprint density at radius 2 is 2.00 bits per heavy atom. The molecule has 1 heterocycles. The van der Waals surface area contributed by atoms with Crippen LogP contribution in [0.2, 0.25) is 0 Å². The number of morpholine rings is 1. The largest absolute Gasteiger partial charge is 0.481 e. The van der Waals surface area contributed by atoms with Gasteiger partial charge in [-0.2, -0.15) is 0 Å². The SMILES string of the molecule is CC(C)N1CCOC(CNCC2CCC(C(=O)O)CC2)C1. The number of ether oxygens (including phenoxy) is 1. The summed E-state index contributed by atoms with van der Waals surface area (Å²) in [5.41, 5.74) is 0. The Balaban J connectivity index is 1.60. The highest BCUT2D eigenvalue weighted by atomic mass is 16.5. The van der Waals surface area contributed by atoms with E-state index in [0.29, 0.717) is 12.0 Å². The Morgan fingerprint density at radius 3 is 2.62 bits per heavy atom. The Kier molecular flexibility index (Phi) is 6.45. The molecule has 5 nitrogen and oxygen atoms in total. The lowest BCUT2D eigenvalue weighted by molar-refractivity contribution is -0.143. The topological polar surface area (TPSA) is 61.8 Å². The molecule has 2 N–H and O–H groups in total. The highest BCUT2D eigenvalue weighted by Crippen LogP contribution is 2.28. The molecule has 1 unspecified atom stereocenters. The number of carboxylic acids is 1. The lowest BCUT2D eigenvalue weighted by Gasteiger charge is -2.36. The Labute approximate surface area is 128 Å². The number of aliphatic carboxylic acids is 1. The lowest BCUT2D eigenvalue weighted by Crippen LogP contribution is -2.49. The van der Waals surface area contributed by atoms with Crippen LogP contribution in [0.4, 0.5) is 0 Å². The van der Waals surface area contributed by atoms with Crippen LogP contribution in [0, 0.1) is 11.8 Å². The lowest BCUT2D eigenvalue weighted by atomic mass is 9.82. The predicted octanol–water partition coefficient (Wildman–Crippen LogP) is 1.58. The zero-order valence-electron chi connectivity index (χ0n) is 13.4. The van der Waals surface area contributed by atoms with Crippen molar-refractivity contribution in [1.82, 2.24) is 10.2 Å². The van der Waals surface area contributed by atoms with Crippen LogP contribution >= 0.6 is 0 Å². The minimum atomic E-state index is -0.620. The van der Waals surface area contributed by atoms with E-state index >= 15 is 0 Å². The molecule has 2 fully saturated rings. The molecule has 0 aromatic rings. The maximum atomic E-state index is 10.9. The maximum absolute atomic E-state index is 10.9. The van der Waals surface area contributed by atoms with Gasteiger partial charge in [0.15, 0.2) is 0 Å². The number of nitrogens with one attached hydrogen (secondary N) is 1. The van der Waals surface area contributed by atoms with Crippen LogP contribution in [-0.4, -0.2) is 60.9 Å². The highest BCUT2D eigenvalue weighted by molar-refractivity contribution is 5.69. The summed E-state index contributed by atoms with van der Waals surface area (Å²) in [5.74, 6) is -0.0984. The molecule has 0 aromatic carbocycles. The quantitative estimate of drug-likeness (QED) is 0.779. The van der Waals surface area contributed by atoms with Crippen molar-refractivity contribution in [2.24, 2.45) is 11.8 Å². The van der Waals surface area contributed by atoms with Crippen LogP contribution in [0.15, 0.2) is 0 Å². The second kappa shape index (κ2) is 8.11. The fourth-order valence-corrected chi connectivity index (χ4v) is 3.40. The highest BCUT2D eigenvalue weighted by Gasteiger charge is 2.26. The summed E-state index contributed by atoms with van der Waals surface area (Å²) < 4.78 is 5.81. The van der Waals surface area contributed by atoms with E-state index in [1.54, 1.807) is 0 Å². The molecule has 0 spiro atoms. The van der Waals surface area contributed by atoms with Crippen molar-refractivity contribution >= 4 is 5.97 Å². The molecular formula is C16H30N2O3. The predicted molar refractivity (Wildman–Crippen MR) is 82.4 cm³/mol. The van der Waals surface area contributed by atoms with Gasteiger partial charge >= 0.3 is 5.97 Å². The van der Waals surface area contributed by atoms with Crippen LogP contribution in [0.3, 0.4) is 0 Å². The Morgan fingerprint density at radius 1 is 1.29 bits per heavy atom. The first-order chi connectivity index (χ1) is 10.1. The smallest absolute Gasteiger partial charge is 0.306 e. The summed E-state index contributed by atoms with van der Waals surface area (Å²) in [5, 5.41) is 12.5. The Hall–Kier alpha value is -0.650. The van der Waals surface area contributed by atoms with Gasteiger partial charge in [0, 0.05) is 25.7 Å². The van der Waals surface area contributed by atoms with E-state index in [1.807, 2.05) is 0 Å². The zero-order valence-corrected chi connectivity index (χ0v) is 13.4. The van der Waals surface area contributed by atoms with E-state index in [-0.39, 0.29) is 12.0 Å². The van der Waals surface area contributed by atoms with E-state index in [2.05, 4.69) is 24.1 Å². The number of carbonyl (C=O) groups is 1. The first-order valence-electron chi connectivity index (χ1n) is 8.35. The summed E-state index contributed by atoms with van der Waals surface area (Å²) in [6.45, 7) is 9.24. The van der Waals surface area contributed by atoms with Gasteiger partial charge in [0.2, 0.25) is 0 Å². The second-order valence-electron chi connectivity index (χ2n) is 6.80. The van der Waals surface area contributed by atoms with Gasteiger partial charge < -0.3 is 15.2 Å². The molecule has 5 heteroatoms. The molecule has 2 aliphatic rings. The average molecular weight is 298 g/mol. The van der Waals surface area contributed by atoms with Crippen LogP contribution in [-0.2, 0) is 9.53 Å². The van der Waals surface area contributed by atoms with Crippen molar-refractivity contribution in [2.45, 2.75) is 51.7 Å². The van der Waals surface area contributed by atoms with Crippen LogP contribution in [0.1, 0.15) is 39.5 Å². The molecule has 1 aliphatic heterocycles. The molecule has 122 valence electrons. The summed E-state index contributed by atoms with van der Waals surface area (Å²) >= 11 is 0. The monoisotopic (exact) mass is 298 g/mol. The molecule has 1 saturated heterocycles. The summed E-state index contributed by atoms with van der Waals surface area (Å²) in [6.07, 6.45) is 4.03.